The van der Waals surface area contributed by atoms with E-state index in [1.54, 1.807) is 6.07 Å². The minimum Gasteiger partial charge on any atom is -0.457 e. The van der Waals surface area contributed by atoms with Crippen molar-refractivity contribution in [2.24, 2.45) is 11.8 Å². The molecule has 1 amide bonds. The lowest BCUT2D eigenvalue weighted by molar-refractivity contribution is 0.0935. The van der Waals surface area contributed by atoms with Crippen LogP contribution in [0, 0.1) is 11.8 Å². The molecule has 0 radical (unpaired) electrons. The first-order chi connectivity index (χ1) is 8.72. The van der Waals surface area contributed by atoms with E-state index < -0.39 is 0 Å². The normalized spacial score (nSPS) is 23.9. The highest BCUT2D eigenvalue weighted by Gasteiger charge is 2.25. The van der Waals surface area contributed by atoms with Gasteiger partial charge in [0.25, 0.3) is 5.91 Å². The fourth-order valence-electron chi connectivity index (χ4n) is 2.53. The van der Waals surface area contributed by atoms with Crippen molar-refractivity contribution in [3.63, 3.8) is 0 Å². The molecule has 1 aromatic heterocycles. The van der Waals surface area contributed by atoms with Gasteiger partial charge in [0.1, 0.15) is 0 Å². The van der Waals surface area contributed by atoms with Crippen molar-refractivity contribution in [2.45, 2.75) is 25.7 Å². The number of halogens is 2. The number of hydrogen-bond acceptors (Lipinski definition) is 2. The molecule has 1 saturated carbocycles. The zero-order valence-electron chi connectivity index (χ0n) is 10.1. The van der Waals surface area contributed by atoms with E-state index in [0.29, 0.717) is 34.5 Å². The van der Waals surface area contributed by atoms with Crippen LogP contribution in [0.15, 0.2) is 21.4 Å². The molecule has 1 fully saturated rings. The molecule has 18 heavy (non-hydrogen) atoms. The van der Waals surface area contributed by atoms with Crippen LogP contribution in [0.5, 0.6) is 0 Å². The van der Waals surface area contributed by atoms with E-state index in [-0.39, 0.29) is 5.91 Å². The van der Waals surface area contributed by atoms with E-state index in [1.807, 2.05) is 0 Å². The number of alkyl halides is 1. The van der Waals surface area contributed by atoms with Crippen molar-refractivity contribution < 1.29 is 9.21 Å². The Morgan fingerprint density at radius 2 is 2.17 bits per heavy atom. The molecule has 0 spiro atoms. The number of hydrogen-bond donors (Lipinski definition) is 1. The number of furan rings is 1. The van der Waals surface area contributed by atoms with Crippen molar-refractivity contribution in [3.05, 3.63) is 22.6 Å². The summed E-state index contributed by atoms with van der Waals surface area (Å²) in [7, 11) is 0. The maximum atomic E-state index is 11.9. The van der Waals surface area contributed by atoms with Crippen LogP contribution in [0.3, 0.4) is 0 Å². The number of nitrogens with one attached hydrogen (secondary N) is 1. The Labute approximate surface area is 120 Å². The van der Waals surface area contributed by atoms with Crippen LogP contribution in [0.4, 0.5) is 0 Å². The predicted molar refractivity (Wildman–Crippen MR) is 74.9 cm³/mol. The maximum absolute atomic E-state index is 11.9. The Balaban J connectivity index is 1.87. The van der Waals surface area contributed by atoms with Crippen molar-refractivity contribution in [1.29, 1.82) is 0 Å². The van der Waals surface area contributed by atoms with Gasteiger partial charge in [-0.05, 0) is 46.7 Å². The number of carbonyl (C=O) groups is 1. The average Bonchev–Trinajstić information content (AvgIpc) is 2.82. The van der Waals surface area contributed by atoms with Crippen LogP contribution < -0.4 is 5.32 Å². The zero-order chi connectivity index (χ0) is 13.0. The molecule has 2 atom stereocenters. The molecule has 1 N–H and O–H groups in total. The average molecular weight is 335 g/mol. The number of carbonyl (C=O) groups excluding carboxylic acids is 1. The van der Waals surface area contributed by atoms with E-state index in [0.717, 1.165) is 6.42 Å². The van der Waals surface area contributed by atoms with Crippen molar-refractivity contribution in [3.8, 4) is 0 Å². The van der Waals surface area contributed by atoms with Crippen molar-refractivity contribution in [2.75, 3.05) is 12.4 Å². The Morgan fingerprint density at radius 3 is 2.78 bits per heavy atom. The monoisotopic (exact) mass is 333 g/mol. The second-order valence-corrected chi connectivity index (χ2v) is 5.81. The third-order valence-electron chi connectivity index (χ3n) is 3.65. The van der Waals surface area contributed by atoms with Gasteiger partial charge in [-0.1, -0.05) is 12.8 Å². The molecule has 0 aliphatic heterocycles. The lowest BCUT2D eigenvalue weighted by Crippen LogP contribution is -2.34. The molecule has 2 unspecified atom stereocenters. The molecular formula is C13H17BrClNO2. The van der Waals surface area contributed by atoms with Gasteiger partial charge in [0.05, 0.1) is 11.8 Å². The summed E-state index contributed by atoms with van der Waals surface area (Å²) in [5.41, 5.74) is 0.549. The molecule has 1 aromatic rings. The molecule has 100 valence electrons. The molecular weight excluding hydrogens is 318 g/mol. The van der Waals surface area contributed by atoms with Gasteiger partial charge in [0.15, 0.2) is 4.67 Å². The lowest BCUT2D eigenvalue weighted by Gasteiger charge is -2.30. The molecule has 1 aliphatic carbocycles. The first-order valence-corrected chi connectivity index (χ1v) is 7.62. The highest BCUT2D eigenvalue weighted by molar-refractivity contribution is 9.10. The largest absolute Gasteiger partial charge is 0.457 e. The quantitative estimate of drug-likeness (QED) is 0.851. The Kier molecular flexibility index (Phi) is 5.13. The summed E-state index contributed by atoms with van der Waals surface area (Å²) in [6, 6.07) is 1.67. The predicted octanol–water partition coefficient (Wildman–Crippen LogP) is 3.82. The van der Waals surface area contributed by atoms with Crippen LogP contribution in [0.2, 0.25) is 0 Å². The second kappa shape index (κ2) is 6.62. The van der Waals surface area contributed by atoms with Crippen LogP contribution in [-0.2, 0) is 0 Å². The Hall–Kier alpha value is -0.480. The molecule has 5 heteroatoms. The standard InChI is InChI=1S/C13H17BrClNO2/c14-12-11(5-6-18-12)13(17)16-8-10-4-2-1-3-9(10)7-15/h5-6,9-10H,1-4,7-8H2,(H,16,17). The summed E-state index contributed by atoms with van der Waals surface area (Å²) in [5.74, 6) is 1.64. The third kappa shape index (κ3) is 3.29. The molecule has 1 aliphatic rings. The molecule has 0 bridgehead atoms. The van der Waals surface area contributed by atoms with Crippen LogP contribution in [0.1, 0.15) is 36.0 Å². The van der Waals surface area contributed by atoms with Gasteiger partial charge in [-0.25, -0.2) is 0 Å². The first-order valence-electron chi connectivity index (χ1n) is 6.29. The molecule has 3 nitrogen and oxygen atoms in total. The minimum absolute atomic E-state index is 0.0884. The summed E-state index contributed by atoms with van der Waals surface area (Å²) in [4.78, 5) is 11.9. The second-order valence-electron chi connectivity index (χ2n) is 4.78. The van der Waals surface area contributed by atoms with Crippen LogP contribution >= 0.6 is 27.5 Å². The van der Waals surface area contributed by atoms with E-state index in [2.05, 4.69) is 21.2 Å². The molecule has 0 aromatic carbocycles. The highest BCUT2D eigenvalue weighted by atomic mass is 79.9. The van der Waals surface area contributed by atoms with Gasteiger partial charge in [0.2, 0.25) is 0 Å². The van der Waals surface area contributed by atoms with Crippen LogP contribution in [-0.4, -0.2) is 18.3 Å². The van der Waals surface area contributed by atoms with Crippen molar-refractivity contribution in [1.82, 2.24) is 5.32 Å². The van der Waals surface area contributed by atoms with Crippen LogP contribution in [0.25, 0.3) is 0 Å². The van der Waals surface area contributed by atoms with Gasteiger partial charge < -0.3 is 9.73 Å². The Morgan fingerprint density at radius 1 is 1.44 bits per heavy atom. The number of amides is 1. The maximum Gasteiger partial charge on any atom is 0.255 e. The van der Waals surface area contributed by atoms with Gasteiger partial charge >= 0.3 is 0 Å². The SMILES string of the molecule is O=C(NCC1CCCCC1CCl)c1ccoc1Br. The lowest BCUT2D eigenvalue weighted by atomic mass is 9.80. The van der Waals surface area contributed by atoms with E-state index in [9.17, 15) is 4.79 Å². The topological polar surface area (TPSA) is 42.2 Å². The van der Waals surface area contributed by atoms with Crippen molar-refractivity contribution >= 4 is 33.4 Å². The highest BCUT2D eigenvalue weighted by Crippen LogP contribution is 2.30. The molecule has 0 saturated heterocycles. The summed E-state index contributed by atoms with van der Waals surface area (Å²) < 4.78 is 5.54. The van der Waals surface area contributed by atoms with Gasteiger partial charge in [0, 0.05) is 12.4 Å². The third-order valence-corrected chi connectivity index (χ3v) is 4.66. The van der Waals surface area contributed by atoms with E-state index in [1.165, 1.54) is 25.5 Å². The smallest absolute Gasteiger partial charge is 0.255 e. The van der Waals surface area contributed by atoms with E-state index >= 15 is 0 Å². The summed E-state index contributed by atoms with van der Waals surface area (Å²) >= 11 is 9.19. The van der Waals surface area contributed by atoms with Gasteiger partial charge in [-0.2, -0.15) is 0 Å². The van der Waals surface area contributed by atoms with Gasteiger partial charge in [-0.15, -0.1) is 11.6 Å². The zero-order valence-corrected chi connectivity index (χ0v) is 12.5. The fourth-order valence-corrected chi connectivity index (χ4v) is 3.36. The fraction of sp³-hybridized carbons (Fsp3) is 0.615. The van der Waals surface area contributed by atoms with Gasteiger partial charge in [-0.3, -0.25) is 4.79 Å². The summed E-state index contributed by atoms with van der Waals surface area (Å²) in [6.07, 6.45) is 6.34. The minimum atomic E-state index is -0.0884. The van der Waals surface area contributed by atoms with E-state index in [4.69, 9.17) is 16.0 Å². The summed E-state index contributed by atoms with van der Waals surface area (Å²) in [6.45, 7) is 0.702. The summed E-state index contributed by atoms with van der Waals surface area (Å²) in [5, 5.41) is 2.97. The first kappa shape index (κ1) is 13.9. The molecule has 2 rings (SSSR count). The number of rotatable bonds is 4. The molecule has 1 heterocycles. The Bertz CT molecular complexity index is 407.